The van der Waals surface area contributed by atoms with Gasteiger partial charge in [-0.25, -0.2) is 9.79 Å². The number of pyridine rings is 1. The lowest BCUT2D eigenvalue weighted by atomic mass is 10.1. The molecule has 2 N–H and O–H groups in total. The van der Waals surface area contributed by atoms with Crippen LogP contribution < -0.4 is 0 Å². The van der Waals surface area contributed by atoms with Gasteiger partial charge in [0.05, 0.1) is 20.1 Å². The lowest BCUT2D eigenvalue weighted by Crippen LogP contribution is -2.15. The number of aromatic nitrogens is 1. The summed E-state index contributed by atoms with van der Waals surface area (Å²) in [4.78, 5) is 20.1. The predicted octanol–water partition coefficient (Wildman–Crippen LogP) is 4.87. The van der Waals surface area contributed by atoms with Crippen LogP contribution in [0.2, 0.25) is 0 Å². The van der Waals surface area contributed by atoms with Crippen molar-refractivity contribution < 1.29 is 15.0 Å². The van der Waals surface area contributed by atoms with Crippen molar-refractivity contribution in [3.8, 4) is 5.75 Å². The second-order valence-corrected chi connectivity index (χ2v) is 7.04. The highest BCUT2D eigenvalue weighted by Crippen LogP contribution is 2.33. The number of aliphatic carboxylic acids is 1. The highest BCUT2D eigenvalue weighted by molar-refractivity contribution is 9.11. The number of carboxylic acids is 1. The van der Waals surface area contributed by atoms with E-state index in [1.807, 2.05) is 12.1 Å². The molecule has 0 aliphatic rings. The number of hydrogen-bond donors (Lipinski definition) is 2. The number of aromatic hydroxyl groups is 1. The van der Waals surface area contributed by atoms with Crippen molar-refractivity contribution in [1.29, 1.82) is 0 Å². The van der Waals surface area contributed by atoms with Crippen molar-refractivity contribution in [1.82, 2.24) is 4.98 Å². The number of aliphatic imine (C=N–C) groups is 1. The third-order valence-electron chi connectivity index (χ3n) is 3.55. The van der Waals surface area contributed by atoms with Gasteiger partial charge in [-0.05, 0) is 73.8 Å². The summed E-state index contributed by atoms with van der Waals surface area (Å²) in [5, 5.41) is 20.1. The molecule has 0 amide bonds. The number of carbonyl (C=O) groups is 1. The molecule has 5 nitrogen and oxygen atoms in total. The topological polar surface area (TPSA) is 82.8 Å². The van der Waals surface area contributed by atoms with E-state index in [9.17, 15) is 15.0 Å². The zero-order valence-corrected chi connectivity index (χ0v) is 16.0. The Balaban J connectivity index is 1.97. The van der Waals surface area contributed by atoms with Crippen LogP contribution in [-0.2, 0) is 11.2 Å². The summed E-state index contributed by atoms with van der Waals surface area (Å²) in [7, 11) is 0. The van der Waals surface area contributed by atoms with Crippen molar-refractivity contribution in [2.75, 3.05) is 0 Å². The van der Waals surface area contributed by atoms with Gasteiger partial charge in [-0.1, -0.05) is 6.07 Å². The van der Waals surface area contributed by atoms with Gasteiger partial charge in [0.15, 0.2) is 0 Å². The average Bonchev–Trinajstić information content (AvgIpc) is 2.59. The normalized spacial score (nSPS) is 11.7. The van der Waals surface area contributed by atoms with Crippen LogP contribution in [0.1, 0.15) is 5.56 Å². The first-order valence-electron chi connectivity index (χ1n) is 7.26. The Morgan fingerprint density at radius 2 is 1.84 bits per heavy atom. The standard InChI is InChI=1S/C18H12Br2N2O3/c19-13-6-10(7-14(20)17(13)23)8-16(18(24)25)22-12-3-4-15-11(9-12)2-1-5-21-15/h1-7,9,23H,8H2,(H,24,25). The van der Waals surface area contributed by atoms with E-state index in [0.717, 1.165) is 10.9 Å². The summed E-state index contributed by atoms with van der Waals surface area (Å²) in [5.41, 5.74) is 2.09. The molecule has 3 aromatic rings. The first-order valence-corrected chi connectivity index (χ1v) is 8.85. The Hall–Kier alpha value is -2.25. The van der Waals surface area contributed by atoms with E-state index in [2.05, 4.69) is 41.8 Å². The van der Waals surface area contributed by atoms with Gasteiger partial charge in [-0.3, -0.25) is 4.98 Å². The molecular weight excluding hydrogens is 452 g/mol. The van der Waals surface area contributed by atoms with Gasteiger partial charge in [-0.2, -0.15) is 0 Å². The van der Waals surface area contributed by atoms with Crippen molar-refractivity contribution >= 4 is 60.1 Å². The van der Waals surface area contributed by atoms with Crippen molar-refractivity contribution in [2.24, 2.45) is 4.99 Å². The van der Waals surface area contributed by atoms with Crippen LogP contribution in [-0.4, -0.2) is 26.9 Å². The van der Waals surface area contributed by atoms with E-state index in [0.29, 0.717) is 20.2 Å². The van der Waals surface area contributed by atoms with Crippen molar-refractivity contribution in [3.63, 3.8) is 0 Å². The highest BCUT2D eigenvalue weighted by atomic mass is 79.9. The Labute approximate surface area is 160 Å². The van der Waals surface area contributed by atoms with Crippen LogP contribution in [0, 0.1) is 0 Å². The first-order chi connectivity index (χ1) is 11.9. The number of phenolic OH excluding ortho intramolecular Hbond substituents is 1. The molecule has 0 atom stereocenters. The van der Waals surface area contributed by atoms with E-state index in [-0.39, 0.29) is 17.9 Å². The quantitative estimate of drug-likeness (QED) is 0.541. The monoisotopic (exact) mass is 462 g/mol. The summed E-state index contributed by atoms with van der Waals surface area (Å²) in [6.07, 6.45) is 1.83. The fraction of sp³-hybridized carbons (Fsp3) is 0.0556. The highest BCUT2D eigenvalue weighted by Gasteiger charge is 2.14. The second-order valence-electron chi connectivity index (χ2n) is 5.33. The maximum absolute atomic E-state index is 11.6. The molecule has 0 saturated carbocycles. The number of fused-ring (bicyclic) bond motifs is 1. The van der Waals surface area contributed by atoms with E-state index >= 15 is 0 Å². The van der Waals surface area contributed by atoms with E-state index in [1.165, 1.54) is 0 Å². The van der Waals surface area contributed by atoms with Crippen LogP contribution >= 0.6 is 31.9 Å². The fourth-order valence-electron chi connectivity index (χ4n) is 2.36. The molecule has 0 saturated heterocycles. The van der Waals surface area contributed by atoms with Crippen molar-refractivity contribution in [2.45, 2.75) is 6.42 Å². The number of phenols is 1. The number of nitrogens with zero attached hydrogens (tertiary/aromatic N) is 2. The van der Waals surface area contributed by atoms with Gasteiger partial charge in [0.2, 0.25) is 0 Å². The van der Waals surface area contributed by atoms with Gasteiger partial charge in [0, 0.05) is 18.0 Å². The van der Waals surface area contributed by atoms with Gasteiger partial charge in [-0.15, -0.1) is 0 Å². The molecule has 0 spiro atoms. The number of benzene rings is 2. The van der Waals surface area contributed by atoms with Crippen LogP contribution in [0.5, 0.6) is 5.75 Å². The number of halogens is 2. The Morgan fingerprint density at radius 3 is 2.52 bits per heavy atom. The summed E-state index contributed by atoms with van der Waals surface area (Å²) in [6, 6.07) is 12.4. The summed E-state index contributed by atoms with van der Waals surface area (Å²) >= 11 is 6.49. The summed E-state index contributed by atoms with van der Waals surface area (Å²) in [5.74, 6) is -1.02. The van der Waals surface area contributed by atoms with Crippen LogP contribution in [0.4, 0.5) is 5.69 Å². The SMILES string of the molecule is O=C(O)C(Cc1cc(Br)c(O)c(Br)c1)=Nc1ccc2ncccc2c1. The summed E-state index contributed by atoms with van der Waals surface area (Å²) in [6.45, 7) is 0. The molecule has 126 valence electrons. The molecule has 25 heavy (non-hydrogen) atoms. The van der Waals surface area contributed by atoms with Crippen LogP contribution in [0.15, 0.2) is 62.6 Å². The number of hydrogen-bond acceptors (Lipinski definition) is 4. The van der Waals surface area contributed by atoms with Crippen LogP contribution in [0.3, 0.4) is 0 Å². The predicted molar refractivity (Wildman–Crippen MR) is 104 cm³/mol. The molecule has 2 aromatic carbocycles. The Morgan fingerprint density at radius 1 is 1.12 bits per heavy atom. The molecule has 0 fully saturated rings. The number of rotatable bonds is 4. The molecule has 0 unspecified atom stereocenters. The van der Waals surface area contributed by atoms with Crippen molar-refractivity contribution in [3.05, 3.63) is 63.2 Å². The molecule has 0 bridgehead atoms. The lowest BCUT2D eigenvalue weighted by Gasteiger charge is -2.07. The molecule has 1 aromatic heterocycles. The number of carboxylic acid groups (broad SMARTS) is 1. The van der Waals surface area contributed by atoms with Gasteiger partial charge < -0.3 is 10.2 Å². The Kier molecular flexibility index (Phi) is 5.15. The minimum Gasteiger partial charge on any atom is -0.506 e. The minimum atomic E-state index is -1.09. The minimum absolute atomic E-state index is 0.00716. The fourth-order valence-corrected chi connectivity index (χ4v) is 3.65. The molecule has 0 radical (unpaired) electrons. The van der Waals surface area contributed by atoms with Gasteiger partial charge >= 0.3 is 5.97 Å². The molecular formula is C18H12Br2N2O3. The smallest absolute Gasteiger partial charge is 0.350 e. The zero-order valence-electron chi connectivity index (χ0n) is 12.8. The average molecular weight is 464 g/mol. The molecule has 0 aliphatic heterocycles. The van der Waals surface area contributed by atoms with E-state index in [1.54, 1.807) is 36.5 Å². The first kappa shape index (κ1) is 17.6. The summed E-state index contributed by atoms with van der Waals surface area (Å²) < 4.78 is 0.969. The van der Waals surface area contributed by atoms with E-state index in [4.69, 9.17) is 0 Å². The van der Waals surface area contributed by atoms with Gasteiger partial charge in [0.1, 0.15) is 11.5 Å². The largest absolute Gasteiger partial charge is 0.506 e. The third kappa shape index (κ3) is 4.05. The van der Waals surface area contributed by atoms with Crippen LogP contribution in [0.25, 0.3) is 10.9 Å². The maximum atomic E-state index is 11.6. The molecule has 1 heterocycles. The Bertz CT molecular complexity index is 980. The molecule has 0 aliphatic carbocycles. The van der Waals surface area contributed by atoms with E-state index < -0.39 is 5.97 Å². The molecule has 3 rings (SSSR count). The molecule has 7 heteroatoms. The third-order valence-corrected chi connectivity index (χ3v) is 4.75. The van der Waals surface area contributed by atoms with Gasteiger partial charge in [0.25, 0.3) is 0 Å². The zero-order chi connectivity index (χ0) is 18.0. The second kappa shape index (κ2) is 7.33. The maximum Gasteiger partial charge on any atom is 0.350 e. The lowest BCUT2D eigenvalue weighted by molar-refractivity contribution is -0.129.